The number of nitrogens with one attached hydrogen (secondary N) is 1. The second-order valence-electron chi connectivity index (χ2n) is 28.0. The number of hydrogen-bond acceptors (Lipinski definition) is 31. The summed E-state index contributed by atoms with van der Waals surface area (Å²) in [5.74, 6) is 4.30. The van der Waals surface area contributed by atoms with Gasteiger partial charge in [0, 0.05) is 119 Å². The number of nitro groups is 1. The van der Waals surface area contributed by atoms with Gasteiger partial charge in [-0.05, 0) is 80.7 Å². The summed E-state index contributed by atoms with van der Waals surface area (Å²) in [6, 6.07) is 12.6. The molecule has 3 unspecified atom stereocenters. The minimum absolute atomic E-state index is 0.0511. The fourth-order valence-corrected chi connectivity index (χ4v) is 23.5. The number of benzene rings is 2. The molecule has 124 heavy (non-hydrogen) atoms. The molecule has 14 rings (SSSR count). The molecule has 0 radical (unpaired) electrons. The van der Waals surface area contributed by atoms with E-state index in [1.54, 1.807) is 80.4 Å². The van der Waals surface area contributed by atoms with Gasteiger partial charge in [0.25, 0.3) is 11.5 Å². The first-order chi connectivity index (χ1) is 59.4. The number of aryl methyl sites for hydroxylation is 3. The van der Waals surface area contributed by atoms with Gasteiger partial charge in [0.1, 0.15) is 87.2 Å². The van der Waals surface area contributed by atoms with E-state index in [2.05, 4.69) is 71.4 Å². The van der Waals surface area contributed by atoms with Crippen molar-refractivity contribution in [3.05, 3.63) is 151 Å². The van der Waals surface area contributed by atoms with E-state index < -0.39 is 51.0 Å². The molecule has 0 saturated heterocycles. The van der Waals surface area contributed by atoms with Crippen molar-refractivity contribution < 1.29 is 69.0 Å². The monoisotopic (exact) mass is 1880 g/mol. The number of aromatic nitrogens is 12. The lowest BCUT2D eigenvalue weighted by molar-refractivity contribution is -0.375. The largest absolute Gasteiger partial charge is 0.524 e. The van der Waals surface area contributed by atoms with E-state index in [9.17, 15) is 32.1 Å². The number of phosphoric ester groups is 1. The number of carbonyl (C=O) groups is 1. The van der Waals surface area contributed by atoms with Crippen LogP contribution in [0.1, 0.15) is 96.3 Å². The van der Waals surface area contributed by atoms with E-state index in [-0.39, 0.29) is 87.8 Å². The maximum Gasteiger partial charge on any atom is 0.524 e. The van der Waals surface area contributed by atoms with Crippen molar-refractivity contribution in [3.8, 4) is 85.1 Å². The number of unbranched alkanes of at least 4 members (excludes halogenated alkanes) is 2. The van der Waals surface area contributed by atoms with Crippen LogP contribution >= 0.6 is 76.5 Å². The Morgan fingerprint density at radius 3 is 2.07 bits per heavy atom. The number of thioether (sulfide) groups is 1. The standard InChI is InChI=1S/C27H31N5O7S.C22H23FN3O5PS3.C19H20ClN5OS2.C13H14N4O2S2/c1-4-5-13-40(35)22-17-21-23(25(22)32(33)34)24(31-27(30-21)26-28-7-6-8-29-26)18-14-19(38-11-9-36-2)16-20(15-18)39-12-10-37-3;1-12(2)11-35(30)22-19(26(3)4)16-15(13-5-7-14(8-6-13)31-32(27,28)29)17(23)18(25-20(16)34-22)21-24-9-10-33-21;1-6-7-8-27-19-15(23-11(3)26)12-14(18-22-10(2)9-25(18)5)24-17(21-4)13(20)16(12)28-19;1-3-6-21(18)13-8(14)10-12(20-13)17-9(7(2)16-10)11-15-4-5-19-11/h6-8,14-16H,4-5,9-13,17H2,1-3H3;5-10,12H,11H2,1-4H3,(H2,27,28,29);9H,6-8H2,1-3,5H3,(H,23,26);4-5H,3,6,14H2,1-2H3. The van der Waals surface area contributed by atoms with Gasteiger partial charge < -0.3 is 53.3 Å². The second-order valence-corrected chi connectivity index (χ2v) is 39.8. The first-order valence-corrected chi connectivity index (χ1v) is 48.7. The molecule has 5 N–H and O–H groups in total. The number of imidazole rings is 1. The summed E-state index contributed by atoms with van der Waals surface area (Å²) in [7, 11) is -0.0437. The Kier molecular flexibility index (Phi) is 33.1. The number of pyridine rings is 2. The third-order valence-electron chi connectivity index (χ3n) is 17.9. The molecule has 32 nitrogen and oxygen atoms in total. The number of nitrogens with zero attached hydrogens (tertiary/aromatic N) is 15. The summed E-state index contributed by atoms with van der Waals surface area (Å²) in [5, 5.41) is 19.1. The Morgan fingerprint density at radius 2 is 1.49 bits per heavy atom. The predicted octanol–water partition coefficient (Wildman–Crippen LogP) is 18.0. The zero-order valence-electron chi connectivity index (χ0n) is 69.6. The predicted molar refractivity (Wildman–Crippen MR) is 489 cm³/mol. The fourth-order valence-electron chi connectivity index (χ4n) is 12.6. The quantitative estimate of drug-likeness (QED) is 0.00741. The molecule has 654 valence electrons. The van der Waals surface area contributed by atoms with Crippen LogP contribution < -0.4 is 29.9 Å². The minimum atomic E-state index is -4.73. The van der Waals surface area contributed by atoms with Gasteiger partial charge in [0.2, 0.25) is 17.5 Å². The average molecular weight is 1880 g/mol. The number of halogens is 2. The number of nitrogen functional groups attached to an aromatic ring is 1. The van der Waals surface area contributed by atoms with Gasteiger partial charge in [0.15, 0.2) is 23.3 Å². The Bertz CT molecular complexity index is 6200. The zero-order valence-corrected chi connectivity index (χ0v) is 77.8. The highest BCUT2D eigenvalue weighted by atomic mass is 35.5. The van der Waals surface area contributed by atoms with Gasteiger partial charge in [-0.15, -0.1) is 62.1 Å². The molecule has 1 aliphatic rings. The maximum atomic E-state index is 16.1. The first kappa shape index (κ1) is 94.8. The van der Waals surface area contributed by atoms with Crippen LogP contribution in [0.2, 0.25) is 5.02 Å². The molecular formula is C81H88ClFN17O15PS8. The number of thiophene rings is 3. The number of anilines is 3. The van der Waals surface area contributed by atoms with E-state index in [1.165, 1.54) is 82.8 Å². The molecule has 43 heteroatoms. The summed E-state index contributed by atoms with van der Waals surface area (Å²) < 4.78 is 103. The van der Waals surface area contributed by atoms with Crippen molar-refractivity contribution in [1.82, 2.24) is 59.4 Å². The lowest BCUT2D eigenvalue weighted by Crippen LogP contribution is -2.13. The topological polar surface area (TPSA) is 421 Å². The molecule has 0 saturated carbocycles. The van der Waals surface area contributed by atoms with Crippen molar-refractivity contribution in [3.63, 3.8) is 0 Å². The van der Waals surface area contributed by atoms with Gasteiger partial charge in [-0.1, -0.05) is 77.8 Å². The number of hydrogen-bond donors (Lipinski definition) is 4. The van der Waals surface area contributed by atoms with Crippen LogP contribution in [0.4, 0.5) is 27.3 Å². The number of thiazole rings is 1. The maximum absolute atomic E-state index is 16.1. The highest BCUT2D eigenvalue weighted by Crippen LogP contribution is 2.52. The Hall–Kier alpha value is -9.90. The lowest BCUT2D eigenvalue weighted by Gasteiger charge is -2.17. The minimum Gasteiger partial charge on any atom is -0.491 e. The van der Waals surface area contributed by atoms with Crippen LogP contribution in [0.15, 0.2) is 113 Å². The highest BCUT2D eigenvalue weighted by Gasteiger charge is 2.40. The molecule has 13 aromatic rings. The van der Waals surface area contributed by atoms with Crippen molar-refractivity contribution in [1.29, 1.82) is 0 Å². The number of methoxy groups -OCH3 is 2. The third kappa shape index (κ3) is 22.7. The van der Waals surface area contributed by atoms with E-state index in [4.69, 9.17) is 62.0 Å². The number of allylic oxidation sites excluding steroid dienone is 1. The molecule has 11 heterocycles. The van der Waals surface area contributed by atoms with Gasteiger partial charge >= 0.3 is 7.82 Å². The molecule has 11 aromatic heterocycles. The van der Waals surface area contributed by atoms with Crippen molar-refractivity contribution >= 4 is 174 Å². The molecular weight excluding hydrogens is 1790 g/mol. The molecule has 1 amide bonds. The number of ether oxygens (including phenoxy) is 4. The van der Waals surface area contributed by atoms with Crippen molar-refractivity contribution in [2.75, 3.05) is 93.7 Å². The molecule has 2 aromatic carbocycles. The normalized spacial score (nSPS) is 12.6. The highest BCUT2D eigenvalue weighted by molar-refractivity contribution is 8.01. The van der Waals surface area contributed by atoms with E-state index in [0.29, 0.717) is 150 Å². The van der Waals surface area contributed by atoms with Crippen LogP contribution in [0.3, 0.4) is 0 Å². The average Bonchev–Trinajstić information content (AvgIpc) is 1.61. The number of nitrogens with two attached hydrogens (primary N) is 1. The Morgan fingerprint density at radius 1 is 0.806 bits per heavy atom. The summed E-state index contributed by atoms with van der Waals surface area (Å²) in [4.78, 5) is 97.6. The van der Waals surface area contributed by atoms with Crippen LogP contribution in [-0.2, 0) is 64.7 Å². The zero-order chi connectivity index (χ0) is 89.4. The van der Waals surface area contributed by atoms with E-state index in [1.807, 2.05) is 78.3 Å². The van der Waals surface area contributed by atoms with Crippen molar-refractivity contribution in [2.24, 2.45) is 13.0 Å². The number of oxazole rings is 1. The number of carbonyl (C=O) groups excluding carboxylic acids is 1. The summed E-state index contributed by atoms with van der Waals surface area (Å²) in [6.45, 7) is 24.1. The first-order valence-electron chi connectivity index (χ1n) is 38.5. The van der Waals surface area contributed by atoms with Gasteiger partial charge in [-0.25, -0.2) is 58.8 Å². The molecule has 3 atom stereocenters. The van der Waals surface area contributed by atoms with Crippen LogP contribution in [0.25, 0.3) is 109 Å². The van der Waals surface area contributed by atoms with Gasteiger partial charge in [-0.3, -0.25) is 37.3 Å². The number of rotatable bonds is 33. The summed E-state index contributed by atoms with van der Waals surface area (Å²) in [5.41, 5.74) is 13.1. The number of fused-ring (bicyclic) bond motifs is 4. The summed E-state index contributed by atoms with van der Waals surface area (Å²) in [6.07, 6.45) is 14.2. The molecule has 0 fully saturated rings. The molecule has 0 aliphatic heterocycles. The number of amides is 1. The molecule has 0 bridgehead atoms. The van der Waals surface area contributed by atoms with Gasteiger partial charge in [-0.2, -0.15) is 0 Å². The van der Waals surface area contributed by atoms with Crippen LogP contribution in [-0.4, -0.2) is 170 Å². The second kappa shape index (κ2) is 43.3. The van der Waals surface area contributed by atoms with Crippen LogP contribution in [0, 0.1) is 42.3 Å². The molecule has 1 aliphatic carbocycles. The smallest absolute Gasteiger partial charge is 0.491 e. The fraction of sp³-hybridized carbons (Fsp3) is 0.346. The third-order valence-corrected chi connectivity index (χ3v) is 30.0. The SMILES string of the molecule is CC(C)CS(=O)c1sc2nc(-c3nccs3)c(F)c(-c3ccc(OP(=O)(O)O)cc3)c2c1N(C)C.CCCCS(=O)C1=C([N+](=O)[O-])c2c(nc(-c3ncccn3)nc2-c2cc(OCCOC)cc(OCCOC)c2)C1.CCCS(=O)c1sc2nc(-c3ncco3)c(C)nc2c1N.[C-]#[N+]c1nc(-c2nc(C)cn2C)c2c(NC(C)=O)c(SCCCC)sc2c1Cl. The van der Waals surface area contributed by atoms with E-state index in [0.717, 1.165) is 51.4 Å². The Balaban J connectivity index is 0.000000165. The lowest BCUT2D eigenvalue weighted by atomic mass is 10.0. The van der Waals surface area contributed by atoms with Gasteiger partial charge in [0.05, 0.1) is 116 Å². The van der Waals surface area contributed by atoms with E-state index >= 15 is 4.39 Å². The molecule has 0 spiro atoms. The van der Waals surface area contributed by atoms with Crippen LogP contribution in [0.5, 0.6) is 17.2 Å². The van der Waals surface area contributed by atoms with Crippen molar-refractivity contribution in [2.45, 2.75) is 107 Å². The number of phosphoric acid groups is 1. The summed E-state index contributed by atoms with van der Waals surface area (Å²) >= 11 is 13.5. The Labute approximate surface area is 746 Å².